The number of nitrogens with one attached hydrogen (secondary N) is 1. The van der Waals surface area contributed by atoms with E-state index in [1.807, 2.05) is 0 Å². The Balaban J connectivity index is 2.20. The van der Waals surface area contributed by atoms with Crippen LogP contribution in [0.15, 0.2) is 30.7 Å². The highest BCUT2D eigenvalue weighted by molar-refractivity contribution is 6.02. The van der Waals surface area contributed by atoms with Crippen molar-refractivity contribution in [1.82, 2.24) is 19.8 Å². The number of para-hydroxylation sites is 1. The third-order valence-corrected chi connectivity index (χ3v) is 7.27. The van der Waals surface area contributed by atoms with Gasteiger partial charge in [-0.15, -0.1) is 0 Å². The van der Waals surface area contributed by atoms with E-state index in [1.165, 1.54) is 52.2 Å². The normalized spacial score (nSPS) is 16.6. The zero-order chi connectivity index (χ0) is 34.5. The number of carbonyl (C=O) groups excluding carboxylic acids is 4. The molecule has 4 atom stereocenters. The Morgan fingerprint density at radius 1 is 1.20 bits per heavy atom. The van der Waals surface area contributed by atoms with Crippen LogP contribution in [0.4, 0.5) is 21.9 Å². The van der Waals surface area contributed by atoms with Crippen molar-refractivity contribution in [3.63, 3.8) is 0 Å². The van der Waals surface area contributed by atoms with Crippen molar-refractivity contribution in [3.8, 4) is 0 Å². The lowest BCUT2D eigenvalue weighted by molar-refractivity contribution is -0.422. The van der Waals surface area contributed by atoms with Crippen LogP contribution in [0.3, 0.4) is 0 Å². The minimum atomic E-state index is -1.64. The number of likely N-dealkylation sites (N-methyl/N-ethyl adjacent to an activating group) is 1. The van der Waals surface area contributed by atoms with E-state index in [0.29, 0.717) is 17.0 Å². The number of aliphatic hydroxyl groups is 1. The topological polar surface area (TPSA) is 232 Å². The Morgan fingerprint density at radius 2 is 1.87 bits per heavy atom. The predicted molar refractivity (Wildman–Crippen MR) is 160 cm³/mol. The average Bonchev–Trinajstić information content (AvgIpc) is 3.67. The Morgan fingerprint density at radius 3 is 2.39 bits per heavy atom. The van der Waals surface area contributed by atoms with Gasteiger partial charge in [-0.2, -0.15) is 0 Å². The van der Waals surface area contributed by atoms with Crippen molar-refractivity contribution in [2.24, 2.45) is 0 Å². The summed E-state index contributed by atoms with van der Waals surface area (Å²) in [6.45, 7) is 5.91. The number of nitro groups is 2. The number of rotatable bonds is 11. The molecule has 1 fully saturated rings. The van der Waals surface area contributed by atoms with E-state index in [0.717, 1.165) is 30.2 Å². The molecule has 0 saturated carbocycles. The zero-order valence-corrected chi connectivity index (χ0v) is 26.2. The summed E-state index contributed by atoms with van der Waals surface area (Å²) in [7, 11) is 2.37. The molecular formula is C28H37N7O11. The fourth-order valence-corrected chi connectivity index (χ4v) is 5.30. The largest absolute Gasteiger partial charge is 0.467 e. The van der Waals surface area contributed by atoms with E-state index in [4.69, 9.17) is 9.47 Å². The van der Waals surface area contributed by atoms with Gasteiger partial charge in [-0.25, -0.2) is 14.6 Å². The number of nitrogens with zero attached hydrogens (tertiary/aromatic N) is 6. The van der Waals surface area contributed by atoms with E-state index in [2.05, 4.69) is 9.97 Å². The quantitative estimate of drug-likeness (QED) is 0.202. The van der Waals surface area contributed by atoms with Crippen LogP contribution in [0.25, 0.3) is 0 Å². The summed E-state index contributed by atoms with van der Waals surface area (Å²) in [6, 6.07) is -1.06. The SMILES string of the molecule is COC(=O)[C@H]([C@@H](C)O)N(C)C(=O)[C@@H]1CCCN1C(=O)[C@H](Cc1cnc[nH]1)N(C(=O)OC(C)(C)C)c1cccc([N+](=O)[O-])c1[N+](=O)[O-]. The lowest BCUT2D eigenvalue weighted by Gasteiger charge is -2.37. The fraction of sp³-hybridized carbons (Fsp3) is 0.536. The number of esters is 1. The number of aromatic nitrogens is 2. The summed E-state index contributed by atoms with van der Waals surface area (Å²) in [5.74, 6) is -2.42. The molecule has 18 nitrogen and oxygen atoms in total. The Hall–Kier alpha value is -5.13. The number of nitro benzene ring substituents is 2. The molecule has 3 amide bonds. The van der Waals surface area contributed by atoms with Gasteiger partial charge in [0, 0.05) is 38.0 Å². The van der Waals surface area contributed by atoms with Gasteiger partial charge in [0.2, 0.25) is 11.8 Å². The molecule has 0 radical (unpaired) electrons. The molecule has 18 heteroatoms. The van der Waals surface area contributed by atoms with Crippen molar-refractivity contribution < 1.29 is 43.6 Å². The zero-order valence-electron chi connectivity index (χ0n) is 26.2. The van der Waals surface area contributed by atoms with E-state index in [1.54, 1.807) is 0 Å². The highest BCUT2D eigenvalue weighted by Gasteiger charge is 2.47. The van der Waals surface area contributed by atoms with Crippen LogP contribution in [-0.2, 0) is 30.3 Å². The van der Waals surface area contributed by atoms with Gasteiger partial charge in [0.05, 0.1) is 29.4 Å². The maximum Gasteiger partial charge on any atom is 0.415 e. The molecule has 1 aliphatic heterocycles. The first-order valence-corrected chi connectivity index (χ1v) is 14.2. The Kier molecular flexibility index (Phi) is 11.0. The number of methoxy groups -OCH3 is 1. The molecular weight excluding hydrogens is 610 g/mol. The first kappa shape index (κ1) is 35.4. The van der Waals surface area contributed by atoms with Gasteiger partial charge in [0.25, 0.3) is 0 Å². The number of carbonyl (C=O) groups is 4. The van der Waals surface area contributed by atoms with Crippen molar-refractivity contribution in [2.45, 2.75) is 76.8 Å². The van der Waals surface area contributed by atoms with E-state index < -0.39 is 80.6 Å². The maximum absolute atomic E-state index is 14.5. The first-order chi connectivity index (χ1) is 21.5. The number of benzene rings is 1. The number of imidazole rings is 1. The maximum atomic E-state index is 14.5. The molecule has 0 unspecified atom stereocenters. The number of aliphatic hydroxyl groups excluding tert-OH is 1. The lowest BCUT2D eigenvalue weighted by atomic mass is 10.0. The van der Waals surface area contributed by atoms with Crippen LogP contribution in [0, 0.1) is 20.2 Å². The van der Waals surface area contributed by atoms with Crippen molar-refractivity contribution in [2.75, 3.05) is 25.6 Å². The second kappa shape index (κ2) is 14.3. The fourth-order valence-electron chi connectivity index (χ4n) is 5.30. The van der Waals surface area contributed by atoms with Crippen LogP contribution >= 0.6 is 0 Å². The molecule has 46 heavy (non-hydrogen) atoms. The summed E-state index contributed by atoms with van der Waals surface area (Å²) in [4.78, 5) is 86.1. The summed E-state index contributed by atoms with van der Waals surface area (Å²) < 4.78 is 10.3. The third kappa shape index (κ3) is 7.74. The molecule has 2 N–H and O–H groups in total. The number of hydrogen-bond donors (Lipinski definition) is 2. The van der Waals surface area contributed by atoms with Gasteiger partial charge in [0.15, 0.2) is 6.04 Å². The Labute approximate surface area is 263 Å². The predicted octanol–water partition coefficient (Wildman–Crippen LogP) is 1.95. The summed E-state index contributed by atoms with van der Waals surface area (Å²) in [5.41, 5.74) is -3.39. The monoisotopic (exact) mass is 647 g/mol. The second-order valence-corrected chi connectivity index (χ2v) is 11.7. The molecule has 1 aliphatic rings. The number of amides is 3. The van der Waals surface area contributed by atoms with Gasteiger partial charge in [-0.1, -0.05) is 6.07 Å². The molecule has 0 aliphatic carbocycles. The minimum Gasteiger partial charge on any atom is -0.467 e. The van der Waals surface area contributed by atoms with Crippen LogP contribution in [-0.4, -0.2) is 109 Å². The van der Waals surface area contributed by atoms with E-state index in [-0.39, 0.29) is 19.4 Å². The first-order valence-electron chi connectivity index (χ1n) is 14.2. The molecule has 0 spiro atoms. The standard InChI is InChI=1S/C28H37N7O11/c1-16(36)22(26(39)45-6)31(5)24(37)20-11-8-12-32(20)25(38)21(13-17-14-29-15-30-17)33(27(40)46-28(2,3)4)18-9-7-10-19(34(41)42)23(18)35(43)44/h7,9-10,14-16,20-22,36H,8,11-13H2,1-6H3,(H,29,30)/t16-,20+,21+,22+/m1/s1. The van der Waals surface area contributed by atoms with Crippen LogP contribution < -0.4 is 4.90 Å². The summed E-state index contributed by atoms with van der Waals surface area (Å²) in [5, 5.41) is 34.3. The number of ether oxygens (including phenoxy) is 2. The second-order valence-electron chi connectivity index (χ2n) is 11.7. The molecule has 1 aromatic heterocycles. The minimum absolute atomic E-state index is 0.0271. The van der Waals surface area contributed by atoms with Gasteiger partial charge < -0.3 is 29.4 Å². The van der Waals surface area contributed by atoms with Crippen LogP contribution in [0.1, 0.15) is 46.2 Å². The van der Waals surface area contributed by atoms with Crippen LogP contribution in [0.2, 0.25) is 0 Å². The molecule has 0 bridgehead atoms. The summed E-state index contributed by atoms with van der Waals surface area (Å²) >= 11 is 0. The van der Waals surface area contributed by atoms with E-state index >= 15 is 0 Å². The molecule has 1 saturated heterocycles. The molecule has 2 aromatic rings. The molecule has 250 valence electrons. The van der Waals surface area contributed by atoms with Crippen LogP contribution in [0.5, 0.6) is 0 Å². The average molecular weight is 648 g/mol. The van der Waals surface area contributed by atoms with Gasteiger partial charge >= 0.3 is 23.4 Å². The molecule has 2 heterocycles. The highest BCUT2D eigenvalue weighted by Crippen LogP contribution is 2.39. The Bertz CT molecular complexity index is 1470. The smallest absolute Gasteiger partial charge is 0.415 e. The number of anilines is 1. The van der Waals surface area contributed by atoms with Crippen molar-refractivity contribution in [3.05, 3.63) is 56.6 Å². The number of aromatic amines is 1. The van der Waals surface area contributed by atoms with Gasteiger partial charge in [-0.05, 0) is 46.6 Å². The lowest BCUT2D eigenvalue weighted by Crippen LogP contribution is -2.59. The number of H-pyrrole nitrogens is 1. The van der Waals surface area contributed by atoms with Crippen molar-refractivity contribution >= 4 is 40.9 Å². The molecule has 1 aromatic carbocycles. The van der Waals surface area contributed by atoms with Crippen molar-refractivity contribution in [1.29, 1.82) is 0 Å². The summed E-state index contributed by atoms with van der Waals surface area (Å²) in [6.07, 6.45) is 0.315. The van der Waals surface area contributed by atoms with E-state index in [9.17, 15) is 44.5 Å². The molecule has 3 rings (SSSR count). The third-order valence-electron chi connectivity index (χ3n) is 7.27. The van der Waals surface area contributed by atoms with Gasteiger partial charge in [-0.3, -0.25) is 34.7 Å². The highest BCUT2D eigenvalue weighted by atomic mass is 16.6. The number of likely N-dealkylation sites (tertiary alicyclic amines) is 1. The number of hydrogen-bond acceptors (Lipinski definition) is 12. The van der Waals surface area contributed by atoms with Gasteiger partial charge in [0.1, 0.15) is 23.4 Å².